The molecule has 1 atom stereocenters. The van der Waals surface area contributed by atoms with Crippen molar-refractivity contribution in [2.75, 3.05) is 18.2 Å². The monoisotopic (exact) mass is 401 g/mol. The third-order valence-corrected chi connectivity index (χ3v) is 7.15. The van der Waals surface area contributed by atoms with Gasteiger partial charge in [0.1, 0.15) is 27.2 Å². The SMILES string of the molecule is CCCSS(=O)c1cc(OC)ccc1Nc1nc(CC)nc2ccccc12. The van der Waals surface area contributed by atoms with Crippen LogP contribution in [0.2, 0.25) is 0 Å². The van der Waals surface area contributed by atoms with Gasteiger partial charge < -0.3 is 10.1 Å². The maximum absolute atomic E-state index is 12.8. The molecule has 27 heavy (non-hydrogen) atoms. The highest BCUT2D eigenvalue weighted by atomic mass is 33.1. The summed E-state index contributed by atoms with van der Waals surface area (Å²) in [6.45, 7) is 4.11. The van der Waals surface area contributed by atoms with Crippen molar-refractivity contribution in [2.45, 2.75) is 31.6 Å². The van der Waals surface area contributed by atoms with Crippen molar-refractivity contribution in [2.24, 2.45) is 0 Å². The maximum Gasteiger partial charge on any atom is 0.142 e. The summed E-state index contributed by atoms with van der Waals surface area (Å²) < 4.78 is 18.1. The van der Waals surface area contributed by atoms with Crippen molar-refractivity contribution in [3.05, 3.63) is 48.3 Å². The summed E-state index contributed by atoms with van der Waals surface area (Å²) in [5.74, 6) is 3.01. The second kappa shape index (κ2) is 9.19. The van der Waals surface area contributed by atoms with Crippen molar-refractivity contribution in [3.63, 3.8) is 0 Å². The average Bonchev–Trinajstić information content (AvgIpc) is 2.72. The van der Waals surface area contributed by atoms with Crippen LogP contribution in [0.3, 0.4) is 0 Å². The summed E-state index contributed by atoms with van der Waals surface area (Å²) in [4.78, 5) is 9.95. The van der Waals surface area contributed by atoms with Gasteiger partial charge in [-0.1, -0.05) is 36.8 Å². The Bertz CT molecular complexity index is 963. The molecule has 0 aliphatic carbocycles. The number of nitrogens with zero attached hydrogens (tertiary/aromatic N) is 2. The molecule has 1 unspecified atom stereocenters. The van der Waals surface area contributed by atoms with E-state index in [4.69, 9.17) is 4.74 Å². The average molecular weight is 402 g/mol. The number of fused-ring (bicyclic) bond motifs is 1. The highest BCUT2D eigenvalue weighted by Gasteiger charge is 2.15. The molecule has 142 valence electrons. The van der Waals surface area contributed by atoms with Crippen LogP contribution in [0.1, 0.15) is 26.1 Å². The number of rotatable bonds is 8. The van der Waals surface area contributed by atoms with Gasteiger partial charge in [-0.3, -0.25) is 0 Å². The third kappa shape index (κ3) is 4.59. The van der Waals surface area contributed by atoms with E-state index in [1.807, 2.05) is 49.4 Å². The lowest BCUT2D eigenvalue weighted by molar-refractivity contribution is 0.413. The van der Waals surface area contributed by atoms with E-state index in [1.54, 1.807) is 7.11 Å². The minimum Gasteiger partial charge on any atom is -0.497 e. The van der Waals surface area contributed by atoms with E-state index in [-0.39, 0.29) is 0 Å². The second-order valence-corrected chi connectivity index (χ2v) is 9.07. The van der Waals surface area contributed by atoms with Crippen LogP contribution in [0.4, 0.5) is 11.5 Å². The predicted octanol–water partition coefficient (Wildman–Crippen LogP) is 5.11. The molecule has 7 heteroatoms. The largest absolute Gasteiger partial charge is 0.497 e. The Morgan fingerprint density at radius 1 is 1.15 bits per heavy atom. The van der Waals surface area contributed by atoms with Crippen LogP contribution in [-0.2, 0) is 16.3 Å². The van der Waals surface area contributed by atoms with Crippen molar-refractivity contribution < 1.29 is 8.95 Å². The highest BCUT2D eigenvalue weighted by Crippen LogP contribution is 2.33. The Labute approximate surface area is 165 Å². The van der Waals surface area contributed by atoms with Gasteiger partial charge in [0, 0.05) is 17.6 Å². The van der Waals surface area contributed by atoms with Gasteiger partial charge >= 0.3 is 0 Å². The van der Waals surface area contributed by atoms with Crippen LogP contribution in [0.25, 0.3) is 10.9 Å². The fourth-order valence-corrected chi connectivity index (χ4v) is 5.30. The molecule has 1 aromatic heterocycles. The van der Waals surface area contributed by atoms with Gasteiger partial charge in [-0.05, 0) is 36.8 Å². The Morgan fingerprint density at radius 3 is 2.70 bits per heavy atom. The Kier molecular flexibility index (Phi) is 6.68. The lowest BCUT2D eigenvalue weighted by atomic mass is 10.2. The molecule has 2 aromatic carbocycles. The number of anilines is 2. The summed E-state index contributed by atoms with van der Waals surface area (Å²) in [6, 6.07) is 13.5. The van der Waals surface area contributed by atoms with Gasteiger partial charge in [0.15, 0.2) is 0 Å². The number of nitrogens with one attached hydrogen (secondary N) is 1. The number of para-hydroxylation sites is 1. The minimum absolute atomic E-state index is 0.683. The molecule has 3 rings (SSSR count). The van der Waals surface area contributed by atoms with Gasteiger partial charge in [0.05, 0.1) is 23.2 Å². The molecule has 0 spiro atoms. The van der Waals surface area contributed by atoms with Crippen LogP contribution in [0, 0.1) is 0 Å². The molecule has 1 N–H and O–H groups in total. The van der Waals surface area contributed by atoms with E-state index in [2.05, 4.69) is 22.2 Å². The maximum atomic E-state index is 12.8. The van der Waals surface area contributed by atoms with E-state index in [0.29, 0.717) is 10.6 Å². The molecule has 0 saturated heterocycles. The zero-order valence-corrected chi connectivity index (χ0v) is 17.3. The van der Waals surface area contributed by atoms with Crippen LogP contribution in [0.15, 0.2) is 47.4 Å². The molecule has 1 heterocycles. The Morgan fingerprint density at radius 2 is 1.96 bits per heavy atom. The first-order valence-electron chi connectivity index (χ1n) is 8.92. The van der Waals surface area contributed by atoms with E-state index in [9.17, 15) is 4.21 Å². The molecule has 0 bridgehead atoms. The number of ether oxygens (including phenoxy) is 1. The van der Waals surface area contributed by atoms with Gasteiger partial charge in [0.2, 0.25) is 0 Å². The molecule has 3 aromatic rings. The number of methoxy groups -OCH3 is 1. The third-order valence-electron chi connectivity index (χ3n) is 3.98. The highest BCUT2D eigenvalue weighted by molar-refractivity contribution is 8.69. The Hall–Kier alpha value is -2.12. The first-order valence-corrected chi connectivity index (χ1v) is 11.6. The number of benzene rings is 2. The van der Waals surface area contributed by atoms with E-state index in [0.717, 1.165) is 46.8 Å². The van der Waals surface area contributed by atoms with Crippen molar-refractivity contribution >= 4 is 43.0 Å². The second-order valence-electron chi connectivity index (χ2n) is 5.90. The van der Waals surface area contributed by atoms with Crippen LogP contribution >= 0.6 is 10.8 Å². The zero-order chi connectivity index (χ0) is 19.2. The normalized spacial score (nSPS) is 12.1. The summed E-state index contributed by atoms with van der Waals surface area (Å²) >= 11 is 0. The molecule has 0 saturated carbocycles. The molecule has 0 aliphatic rings. The molecule has 5 nitrogen and oxygen atoms in total. The number of aryl methyl sites for hydroxylation is 1. The first-order chi connectivity index (χ1) is 13.2. The van der Waals surface area contributed by atoms with Crippen molar-refractivity contribution in [1.29, 1.82) is 0 Å². The summed E-state index contributed by atoms with van der Waals surface area (Å²) in [7, 11) is 1.85. The summed E-state index contributed by atoms with van der Waals surface area (Å²) in [6.07, 6.45) is 1.72. The molecular formula is C20H23N3O2S2. The molecule has 0 aliphatic heterocycles. The minimum atomic E-state index is -1.19. The summed E-state index contributed by atoms with van der Waals surface area (Å²) in [5, 5.41) is 4.32. The van der Waals surface area contributed by atoms with Gasteiger partial charge in [-0.25, -0.2) is 14.2 Å². The zero-order valence-electron chi connectivity index (χ0n) is 15.7. The molecule has 0 radical (unpaired) electrons. The van der Waals surface area contributed by atoms with Gasteiger partial charge in [0.25, 0.3) is 0 Å². The summed E-state index contributed by atoms with van der Waals surface area (Å²) in [5.41, 5.74) is 1.66. The van der Waals surface area contributed by atoms with Crippen molar-refractivity contribution in [1.82, 2.24) is 9.97 Å². The van der Waals surface area contributed by atoms with Crippen LogP contribution < -0.4 is 10.1 Å². The predicted molar refractivity (Wildman–Crippen MR) is 114 cm³/mol. The standard InChI is InChI=1S/C20H23N3O2S2/c1-4-12-26-27(24)18-13-14(25-3)10-11-17(18)22-20-15-8-6-7-9-16(15)21-19(5-2)23-20/h6-11,13H,4-5,12H2,1-3H3,(H,21,22,23). The van der Waals surface area contributed by atoms with Gasteiger partial charge in [-0.15, -0.1) is 0 Å². The van der Waals surface area contributed by atoms with Crippen LogP contribution in [-0.4, -0.2) is 27.0 Å². The number of hydrogen-bond acceptors (Lipinski definition) is 6. The van der Waals surface area contributed by atoms with E-state index >= 15 is 0 Å². The fraction of sp³-hybridized carbons (Fsp3) is 0.300. The topological polar surface area (TPSA) is 64.1 Å². The number of aromatic nitrogens is 2. The lowest BCUT2D eigenvalue weighted by Crippen LogP contribution is -2.03. The van der Waals surface area contributed by atoms with Crippen LogP contribution in [0.5, 0.6) is 5.75 Å². The van der Waals surface area contributed by atoms with Crippen molar-refractivity contribution in [3.8, 4) is 5.75 Å². The molecular weight excluding hydrogens is 378 g/mol. The lowest BCUT2D eigenvalue weighted by Gasteiger charge is -2.14. The molecule has 0 amide bonds. The molecule has 0 fully saturated rings. The Balaban J connectivity index is 2.05. The number of hydrogen-bond donors (Lipinski definition) is 1. The van der Waals surface area contributed by atoms with E-state index in [1.165, 1.54) is 10.8 Å². The first kappa shape index (κ1) is 19.6. The van der Waals surface area contributed by atoms with Gasteiger partial charge in [-0.2, -0.15) is 0 Å². The fourth-order valence-electron chi connectivity index (χ4n) is 2.60. The smallest absolute Gasteiger partial charge is 0.142 e. The van der Waals surface area contributed by atoms with E-state index < -0.39 is 9.83 Å². The quantitative estimate of drug-likeness (QED) is 0.529.